The van der Waals surface area contributed by atoms with Gasteiger partial charge in [-0.05, 0) is 37.1 Å². The molecule has 0 aromatic heterocycles. The minimum atomic E-state index is -0.676. The lowest BCUT2D eigenvalue weighted by Crippen LogP contribution is -1.93. The van der Waals surface area contributed by atoms with Crippen molar-refractivity contribution in [2.45, 2.75) is 50.3 Å². The summed E-state index contributed by atoms with van der Waals surface area (Å²) in [5, 5.41) is 8.50. The Morgan fingerprint density at radius 2 is 1.78 bits per heavy atom. The van der Waals surface area contributed by atoms with Gasteiger partial charge in [0, 0.05) is 11.3 Å². The zero-order valence-electron chi connectivity index (χ0n) is 11.0. The highest BCUT2D eigenvalue weighted by Gasteiger charge is 1.99. The van der Waals surface area contributed by atoms with E-state index in [1.54, 1.807) is 0 Å². The van der Waals surface area contributed by atoms with Crippen molar-refractivity contribution in [1.29, 1.82) is 0 Å². The van der Waals surface area contributed by atoms with E-state index in [0.717, 1.165) is 25.0 Å². The van der Waals surface area contributed by atoms with E-state index >= 15 is 0 Å². The number of aliphatic carboxylic acids is 1. The smallest absolute Gasteiger partial charge is 0.303 e. The Kier molecular flexibility index (Phi) is 7.58. The van der Waals surface area contributed by atoms with Gasteiger partial charge in [-0.2, -0.15) is 0 Å². The van der Waals surface area contributed by atoms with Crippen molar-refractivity contribution in [3.8, 4) is 0 Å². The third kappa shape index (κ3) is 6.70. The fourth-order valence-corrected chi connectivity index (χ4v) is 2.85. The zero-order valence-corrected chi connectivity index (χ0v) is 11.8. The lowest BCUT2D eigenvalue weighted by atomic mass is 10.1. The summed E-state index contributed by atoms with van der Waals surface area (Å²) in [5.41, 5.74) is 1.35. The van der Waals surface area contributed by atoms with E-state index in [4.69, 9.17) is 5.11 Å². The quantitative estimate of drug-likeness (QED) is 0.527. The van der Waals surface area contributed by atoms with Crippen molar-refractivity contribution in [1.82, 2.24) is 0 Å². The normalized spacial score (nSPS) is 10.5. The van der Waals surface area contributed by atoms with Crippen LogP contribution in [0, 0.1) is 6.92 Å². The fourth-order valence-electron chi connectivity index (χ4n) is 1.81. The number of unbranched alkanes of at least 4 members (excludes halogenated alkanes) is 4. The molecule has 1 rings (SSSR count). The molecule has 0 atom stereocenters. The average molecular weight is 266 g/mol. The van der Waals surface area contributed by atoms with Crippen LogP contribution in [0.5, 0.6) is 0 Å². The Morgan fingerprint density at radius 1 is 1.11 bits per heavy atom. The molecule has 0 saturated heterocycles. The Morgan fingerprint density at radius 3 is 2.50 bits per heavy atom. The number of benzene rings is 1. The highest BCUT2D eigenvalue weighted by atomic mass is 32.2. The summed E-state index contributed by atoms with van der Waals surface area (Å²) in [6.45, 7) is 2.15. The third-order valence-electron chi connectivity index (χ3n) is 2.89. The Hall–Kier alpha value is -0.960. The topological polar surface area (TPSA) is 37.3 Å². The van der Waals surface area contributed by atoms with Gasteiger partial charge in [0.25, 0.3) is 0 Å². The molecule has 0 bridgehead atoms. The first-order chi connectivity index (χ1) is 8.70. The van der Waals surface area contributed by atoms with Crippen LogP contribution in [-0.2, 0) is 4.79 Å². The Labute approximate surface area is 114 Å². The molecule has 1 N–H and O–H groups in total. The van der Waals surface area contributed by atoms with Gasteiger partial charge in [0.1, 0.15) is 0 Å². The van der Waals surface area contributed by atoms with Gasteiger partial charge in [-0.3, -0.25) is 4.79 Å². The van der Waals surface area contributed by atoms with Crippen LogP contribution >= 0.6 is 11.8 Å². The van der Waals surface area contributed by atoms with Crippen LogP contribution < -0.4 is 0 Å². The molecular formula is C15H22O2S. The number of carboxylic acid groups (broad SMARTS) is 1. The van der Waals surface area contributed by atoms with Gasteiger partial charge in [-0.15, -0.1) is 11.8 Å². The molecule has 2 nitrogen and oxygen atoms in total. The van der Waals surface area contributed by atoms with Crippen molar-refractivity contribution in [3.05, 3.63) is 29.8 Å². The van der Waals surface area contributed by atoms with Crippen LogP contribution in [0.3, 0.4) is 0 Å². The molecule has 1 aromatic rings. The van der Waals surface area contributed by atoms with Gasteiger partial charge in [-0.1, -0.05) is 37.5 Å². The molecule has 0 heterocycles. The van der Waals surface area contributed by atoms with Crippen LogP contribution in [0.1, 0.15) is 44.1 Å². The van der Waals surface area contributed by atoms with E-state index in [0.29, 0.717) is 6.42 Å². The van der Waals surface area contributed by atoms with Gasteiger partial charge in [-0.25, -0.2) is 0 Å². The predicted molar refractivity (Wildman–Crippen MR) is 77.2 cm³/mol. The minimum Gasteiger partial charge on any atom is -0.481 e. The number of hydrogen-bond acceptors (Lipinski definition) is 2. The molecule has 0 saturated carbocycles. The number of aryl methyl sites for hydroxylation is 1. The monoisotopic (exact) mass is 266 g/mol. The predicted octanol–water partition coefficient (Wildman–Crippen LogP) is 4.51. The summed E-state index contributed by atoms with van der Waals surface area (Å²) in [7, 11) is 0. The molecule has 18 heavy (non-hydrogen) atoms. The molecule has 0 amide bonds. The summed E-state index contributed by atoms with van der Waals surface area (Å²) >= 11 is 1.92. The first kappa shape index (κ1) is 15.1. The maximum absolute atomic E-state index is 10.3. The molecular weight excluding hydrogens is 244 g/mol. The standard InChI is InChI=1S/C15H22O2S/c1-13-9-6-7-10-14(13)18-12-8-4-2-3-5-11-15(16)17/h6-7,9-10H,2-5,8,11-12H2,1H3,(H,16,17). The van der Waals surface area contributed by atoms with Gasteiger partial charge in [0.2, 0.25) is 0 Å². The molecule has 0 radical (unpaired) electrons. The largest absolute Gasteiger partial charge is 0.481 e. The van der Waals surface area contributed by atoms with Crippen molar-refractivity contribution < 1.29 is 9.90 Å². The molecule has 0 aliphatic rings. The first-order valence-corrected chi connectivity index (χ1v) is 7.59. The minimum absolute atomic E-state index is 0.317. The number of hydrogen-bond donors (Lipinski definition) is 1. The SMILES string of the molecule is Cc1ccccc1SCCCCCCCC(=O)O. The van der Waals surface area contributed by atoms with E-state index in [9.17, 15) is 4.79 Å². The maximum atomic E-state index is 10.3. The van der Waals surface area contributed by atoms with Crippen LogP contribution in [0.15, 0.2) is 29.2 Å². The van der Waals surface area contributed by atoms with Gasteiger partial charge < -0.3 is 5.11 Å². The van der Waals surface area contributed by atoms with Crippen LogP contribution in [0.4, 0.5) is 0 Å². The molecule has 0 aliphatic heterocycles. The summed E-state index contributed by atoms with van der Waals surface area (Å²) in [5.74, 6) is 0.481. The zero-order chi connectivity index (χ0) is 13.2. The molecule has 0 aliphatic carbocycles. The third-order valence-corrected chi connectivity index (χ3v) is 4.15. The first-order valence-electron chi connectivity index (χ1n) is 6.60. The second kappa shape index (κ2) is 9.03. The fraction of sp³-hybridized carbons (Fsp3) is 0.533. The number of carbonyl (C=O) groups is 1. The average Bonchev–Trinajstić information content (AvgIpc) is 2.34. The highest BCUT2D eigenvalue weighted by molar-refractivity contribution is 7.99. The summed E-state index contributed by atoms with van der Waals surface area (Å²) in [6, 6.07) is 8.48. The van der Waals surface area contributed by atoms with E-state index < -0.39 is 5.97 Å². The molecule has 100 valence electrons. The lowest BCUT2D eigenvalue weighted by Gasteiger charge is -2.04. The molecule has 0 fully saturated rings. The van der Waals surface area contributed by atoms with Crippen LogP contribution in [-0.4, -0.2) is 16.8 Å². The van der Waals surface area contributed by atoms with Gasteiger partial charge in [0.05, 0.1) is 0 Å². The number of thioether (sulfide) groups is 1. The Balaban J connectivity index is 1.99. The lowest BCUT2D eigenvalue weighted by molar-refractivity contribution is -0.137. The summed E-state index contributed by atoms with van der Waals surface area (Å²) < 4.78 is 0. The number of carboxylic acids is 1. The summed E-state index contributed by atoms with van der Waals surface area (Å²) in [4.78, 5) is 11.7. The second-order valence-electron chi connectivity index (χ2n) is 4.53. The van der Waals surface area contributed by atoms with Crippen molar-refractivity contribution in [3.63, 3.8) is 0 Å². The second-order valence-corrected chi connectivity index (χ2v) is 5.66. The molecule has 0 unspecified atom stereocenters. The van der Waals surface area contributed by atoms with Crippen LogP contribution in [0.25, 0.3) is 0 Å². The maximum Gasteiger partial charge on any atom is 0.303 e. The van der Waals surface area contributed by atoms with Crippen molar-refractivity contribution in [2.24, 2.45) is 0 Å². The van der Waals surface area contributed by atoms with E-state index in [1.807, 2.05) is 11.8 Å². The molecule has 1 aromatic carbocycles. The van der Waals surface area contributed by atoms with E-state index in [2.05, 4.69) is 31.2 Å². The molecule has 0 spiro atoms. The van der Waals surface area contributed by atoms with E-state index in [-0.39, 0.29) is 0 Å². The van der Waals surface area contributed by atoms with Crippen molar-refractivity contribution in [2.75, 3.05) is 5.75 Å². The van der Waals surface area contributed by atoms with Crippen LogP contribution in [0.2, 0.25) is 0 Å². The van der Waals surface area contributed by atoms with Gasteiger partial charge in [0.15, 0.2) is 0 Å². The number of rotatable bonds is 9. The summed E-state index contributed by atoms with van der Waals surface area (Å²) in [6.07, 6.45) is 5.76. The molecule has 3 heteroatoms. The van der Waals surface area contributed by atoms with Crippen molar-refractivity contribution >= 4 is 17.7 Å². The van der Waals surface area contributed by atoms with E-state index in [1.165, 1.54) is 23.3 Å². The van der Waals surface area contributed by atoms with Gasteiger partial charge >= 0.3 is 5.97 Å². The highest BCUT2D eigenvalue weighted by Crippen LogP contribution is 2.23. The Bertz CT molecular complexity index is 363.